The van der Waals surface area contributed by atoms with Crippen molar-refractivity contribution in [2.45, 2.75) is 0 Å². The van der Waals surface area contributed by atoms with Crippen LogP contribution in [-0.4, -0.2) is 60.7 Å². The molecule has 0 heterocycles. The largest absolute Gasteiger partial charge is 0.493 e. The predicted molar refractivity (Wildman–Crippen MR) is 139 cm³/mol. The van der Waals surface area contributed by atoms with Gasteiger partial charge in [0.1, 0.15) is 0 Å². The summed E-state index contributed by atoms with van der Waals surface area (Å²) in [6.45, 7) is 0. The molecule has 0 aromatic heterocycles. The Hall–Kier alpha value is -4.93. The van der Waals surface area contributed by atoms with E-state index in [1.54, 1.807) is 30.3 Å². The molecule has 38 heavy (non-hydrogen) atoms. The van der Waals surface area contributed by atoms with Crippen molar-refractivity contribution in [2.75, 3.05) is 42.7 Å². The fourth-order valence-electron chi connectivity index (χ4n) is 3.41. The van der Waals surface area contributed by atoms with E-state index >= 15 is 0 Å². The van der Waals surface area contributed by atoms with Gasteiger partial charge in [0.15, 0.2) is 34.5 Å². The number of carbonyl (C=O) groups excluding carboxylic acids is 2. The molecule has 200 valence electrons. The highest BCUT2D eigenvalue weighted by molar-refractivity contribution is 5.96. The van der Waals surface area contributed by atoms with E-state index < -0.39 is 11.9 Å². The minimum atomic E-state index is -0.608. The molecule has 3 aromatic carbocycles. The van der Waals surface area contributed by atoms with E-state index in [4.69, 9.17) is 33.2 Å². The average Bonchev–Trinajstić information content (AvgIpc) is 2.96. The lowest BCUT2D eigenvalue weighted by atomic mass is 10.1. The van der Waals surface area contributed by atoms with Crippen molar-refractivity contribution in [3.63, 3.8) is 0 Å². The summed E-state index contributed by atoms with van der Waals surface area (Å²) in [6.07, 6.45) is 1.42. The van der Waals surface area contributed by atoms with Gasteiger partial charge in [0.2, 0.25) is 5.75 Å². The number of hydrazone groups is 1. The Labute approximate surface area is 219 Å². The van der Waals surface area contributed by atoms with Crippen molar-refractivity contribution < 1.29 is 42.7 Å². The third-order valence-corrected chi connectivity index (χ3v) is 5.32. The summed E-state index contributed by atoms with van der Waals surface area (Å²) in [5.41, 5.74) is 3.55. The summed E-state index contributed by atoms with van der Waals surface area (Å²) >= 11 is 0. The SMILES string of the molecule is COc1ccc(C(=O)Oc2ccc(C=NNC(=O)c3cc(OC)c(OC)c(OC)c3)cc2OC)cc1OC. The predicted octanol–water partition coefficient (Wildman–Crippen LogP) is 3.72. The summed E-state index contributed by atoms with van der Waals surface area (Å²) in [6, 6.07) is 12.5. The number of esters is 1. The van der Waals surface area contributed by atoms with E-state index in [1.807, 2.05) is 0 Å². The van der Waals surface area contributed by atoms with Crippen LogP contribution in [0, 0.1) is 0 Å². The molecule has 11 heteroatoms. The van der Waals surface area contributed by atoms with E-state index in [-0.39, 0.29) is 16.9 Å². The van der Waals surface area contributed by atoms with Crippen LogP contribution in [0.15, 0.2) is 53.6 Å². The molecule has 1 amide bonds. The molecule has 0 saturated heterocycles. The van der Waals surface area contributed by atoms with E-state index in [9.17, 15) is 9.59 Å². The number of hydrogen-bond donors (Lipinski definition) is 1. The molecule has 0 fully saturated rings. The lowest BCUT2D eigenvalue weighted by Gasteiger charge is -2.13. The van der Waals surface area contributed by atoms with Crippen LogP contribution in [-0.2, 0) is 0 Å². The van der Waals surface area contributed by atoms with Gasteiger partial charge in [0, 0.05) is 5.56 Å². The van der Waals surface area contributed by atoms with Crippen molar-refractivity contribution in [1.82, 2.24) is 5.43 Å². The maximum absolute atomic E-state index is 12.7. The quantitative estimate of drug-likeness (QED) is 0.173. The topological polar surface area (TPSA) is 123 Å². The smallest absolute Gasteiger partial charge is 0.343 e. The first-order valence-electron chi connectivity index (χ1n) is 11.1. The van der Waals surface area contributed by atoms with Crippen LogP contribution in [0.4, 0.5) is 0 Å². The van der Waals surface area contributed by atoms with Crippen LogP contribution in [0.5, 0.6) is 40.2 Å². The van der Waals surface area contributed by atoms with Gasteiger partial charge < -0.3 is 33.2 Å². The molecule has 3 aromatic rings. The zero-order valence-electron chi connectivity index (χ0n) is 21.8. The Bertz CT molecular complexity index is 1310. The lowest BCUT2D eigenvalue weighted by Crippen LogP contribution is -2.18. The summed E-state index contributed by atoms with van der Waals surface area (Å²) in [5, 5.41) is 3.99. The molecule has 0 aliphatic carbocycles. The fraction of sp³-hybridized carbons (Fsp3) is 0.222. The molecule has 0 atom stereocenters. The van der Waals surface area contributed by atoms with Gasteiger partial charge in [-0.05, 0) is 54.1 Å². The van der Waals surface area contributed by atoms with Crippen LogP contribution in [0.3, 0.4) is 0 Å². The highest BCUT2D eigenvalue weighted by Gasteiger charge is 2.17. The summed E-state index contributed by atoms with van der Waals surface area (Å²) < 4.78 is 37.1. The molecule has 0 radical (unpaired) electrons. The van der Waals surface area contributed by atoms with E-state index in [1.165, 1.54) is 67.1 Å². The fourth-order valence-corrected chi connectivity index (χ4v) is 3.41. The van der Waals surface area contributed by atoms with Gasteiger partial charge in [-0.3, -0.25) is 4.79 Å². The van der Waals surface area contributed by atoms with Crippen LogP contribution >= 0.6 is 0 Å². The number of benzene rings is 3. The van der Waals surface area contributed by atoms with Crippen molar-refractivity contribution in [3.8, 4) is 40.2 Å². The maximum Gasteiger partial charge on any atom is 0.343 e. The molecule has 0 aliphatic heterocycles. The third kappa shape index (κ3) is 6.25. The van der Waals surface area contributed by atoms with Gasteiger partial charge in [-0.15, -0.1) is 0 Å². The van der Waals surface area contributed by atoms with Crippen molar-refractivity contribution >= 4 is 18.1 Å². The second kappa shape index (κ2) is 12.9. The molecule has 0 bridgehead atoms. The Morgan fingerprint density at radius 1 is 0.632 bits per heavy atom. The van der Waals surface area contributed by atoms with Gasteiger partial charge in [0.25, 0.3) is 5.91 Å². The maximum atomic E-state index is 12.7. The number of methoxy groups -OCH3 is 6. The van der Waals surface area contributed by atoms with Gasteiger partial charge in [0.05, 0.1) is 54.4 Å². The first-order chi connectivity index (χ1) is 18.4. The summed E-state index contributed by atoms with van der Waals surface area (Å²) in [4.78, 5) is 25.3. The monoisotopic (exact) mass is 524 g/mol. The number of ether oxygens (including phenoxy) is 7. The molecular weight excluding hydrogens is 496 g/mol. The van der Waals surface area contributed by atoms with Crippen molar-refractivity contribution in [2.24, 2.45) is 5.10 Å². The zero-order chi connectivity index (χ0) is 27.7. The third-order valence-electron chi connectivity index (χ3n) is 5.32. The van der Waals surface area contributed by atoms with Crippen LogP contribution in [0.25, 0.3) is 0 Å². The van der Waals surface area contributed by atoms with Crippen molar-refractivity contribution in [3.05, 3.63) is 65.2 Å². The molecule has 1 N–H and O–H groups in total. The molecule has 0 aliphatic rings. The first-order valence-corrected chi connectivity index (χ1v) is 11.1. The number of carbonyl (C=O) groups is 2. The minimum absolute atomic E-state index is 0.200. The van der Waals surface area contributed by atoms with Gasteiger partial charge >= 0.3 is 5.97 Å². The zero-order valence-corrected chi connectivity index (χ0v) is 21.8. The average molecular weight is 525 g/mol. The molecular formula is C27H28N2O9. The van der Waals surface area contributed by atoms with Crippen LogP contribution in [0.2, 0.25) is 0 Å². The number of amides is 1. The normalized spacial score (nSPS) is 10.5. The lowest BCUT2D eigenvalue weighted by molar-refractivity contribution is 0.0729. The Morgan fingerprint density at radius 3 is 1.76 bits per heavy atom. The van der Waals surface area contributed by atoms with Crippen LogP contribution < -0.4 is 38.6 Å². The van der Waals surface area contributed by atoms with E-state index in [2.05, 4.69) is 10.5 Å². The number of rotatable bonds is 11. The molecule has 0 saturated carbocycles. The second-order valence-electron chi connectivity index (χ2n) is 7.48. The molecule has 3 rings (SSSR count). The summed E-state index contributed by atoms with van der Waals surface area (Å²) in [7, 11) is 8.81. The first kappa shape index (κ1) is 27.7. The minimum Gasteiger partial charge on any atom is -0.493 e. The summed E-state index contributed by atoms with van der Waals surface area (Å²) in [5.74, 6) is 1.32. The molecule has 11 nitrogen and oxygen atoms in total. The molecule has 0 unspecified atom stereocenters. The van der Waals surface area contributed by atoms with Crippen LogP contribution in [0.1, 0.15) is 26.3 Å². The van der Waals surface area contributed by atoms with E-state index in [0.717, 1.165) is 0 Å². The standard InChI is InChI=1S/C27H28N2O9/c1-32-19-10-8-17(12-22(19)34-3)27(31)38-20-9-7-16(11-21(20)33-2)15-28-29-26(30)18-13-23(35-4)25(37-6)24(14-18)36-5/h7-15H,1-6H3,(H,29,30). The molecule has 0 spiro atoms. The highest BCUT2D eigenvalue weighted by Crippen LogP contribution is 2.38. The highest BCUT2D eigenvalue weighted by atomic mass is 16.6. The Balaban J connectivity index is 1.72. The van der Waals surface area contributed by atoms with Gasteiger partial charge in [-0.25, -0.2) is 10.2 Å². The number of nitrogens with one attached hydrogen (secondary N) is 1. The van der Waals surface area contributed by atoms with E-state index in [0.29, 0.717) is 40.1 Å². The van der Waals surface area contributed by atoms with Gasteiger partial charge in [-0.2, -0.15) is 5.10 Å². The Kier molecular flexibility index (Phi) is 9.36. The Morgan fingerprint density at radius 2 is 1.18 bits per heavy atom. The van der Waals surface area contributed by atoms with Crippen molar-refractivity contribution in [1.29, 1.82) is 0 Å². The second-order valence-corrected chi connectivity index (χ2v) is 7.48. The van der Waals surface area contributed by atoms with Gasteiger partial charge in [-0.1, -0.05) is 0 Å². The number of nitrogens with zero attached hydrogens (tertiary/aromatic N) is 1. The number of hydrogen-bond acceptors (Lipinski definition) is 10.